The normalized spacial score (nSPS) is 19.1. The lowest BCUT2D eigenvalue weighted by atomic mass is 10.1. The van der Waals surface area contributed by atoms with Gasteiger partial charge in [0.1, 0.15) is 6.23 Å². The number of urea groups is 1. The average molecular weight is 234 g/mol. The van der Waals surface area contributed by atoms with Crippen molar-refractivity contribution >= 4 is 11.7 Å². The van der Waals surface area contributed by atoms with Gasteiger partial charge in [-0.1, -0.05) is 17.7 Å². The van der Waals surface area contributed by atoms with Crippen molar-refractivity contribution in [2.75, 3.05) is 11.9 Å². The summed E-state index contributed by atoms with van der Waals surface area (Å²) in [6, 6.07) is 5.74. The van der Waals surface area contributed by atoms with E-state index in [1.54, 1.807) is 0 Å². The van der Waals surface area contributed by atoms with Gasteiger partial charge in [0.05, 0.1) is 0 Å². The maximum Gasteiger partial charge on any atom is 0.321 e. The summed E-state index contributed by atoms with van der Waals surface area (Å²) in [7, 11) is 0. The van der Waals surface area contributed by atoms with E-state index in [0.717, 1.165) is 30.7 Å². The predicted molar refractivity (Wildman–Crippen MR) is 67.0 cm³/mol. The van der Waals surface area contributed by atoms with Gasteiger partial charge >= 0.3 is 6.03 Å². The van der Waals surface area contributed by atoms with Crippen LogP contribution in [0.4, 0.5) is 10.5 Å². The Balaban J connectivity index is 1.93. The van der Waals surface area contributed by atoms with Crippen molar-refractivity contribution in [3.05, 3.63) is 29.3 Å². The molecular weight excluding hydrogens is 216 g/mol. The van der Waals surface area contributed by atoms with E-state index in [-0.39, 0.29) is 12.3 Å². The van der Waals surface area contributed by atoms with E-state index >= 15 is 0 Å². The van der Waals surface area contributed by atoms with Crippen molar-refractivity contribution in [3.8, 4) is 0 Å². The van der Waals surface area contributed by atoms with Gasteiger partial charge < -0.3 is 15.4 Å². The second-order valence-corrected chi connectivity index (χ2v) is 4.42. The number of hydrogen-bond acceptors (Lipinski definition) is 2. The van der Waals surface area contributed by atoms with Gasteiger partial charge in [0.15, 0.2) is 0 Å². The van der Waals surface area contributed by atoms with Crippen molar-refractivity contribution in [2.45, 2.75) is 32.9 Å². The predicted octanol–water partition coefficient (Wildman–Crippen LogP) is 2.56. The van der Waals surface area contributed by atoms with Gasteiger partial charge in [-0.25, -0.2) is 4.79 Å². The number of hydrogen-bond donors (Lipinski definition) is 2. The molecule has 0 aromatic heterocycles. The van der Waals surface area contributed by atoms with Crippen LogP contribution in [0.2, 0.25) is 0 Å². The van der Waals surface area contributed by atoms with Crippen LogP contribution < -0.4 is 10.6 Å². The smallest absolute Gasteiger partial charge is 0.321 e. The van der Waals surface area contributed by atoms with E-state index in [2.05, 4.69) is 10.6 Å². The van der Waals surface area contributed by atoms with Gasteiger partial charge in [0.2, 0.25) is 0 Å². The average Bonchev–Trinajstić information content (AvgIpc) is 2.75. The summed E-state index contributed by atoms with van der Waals surface area (Å²) in [5.74, 6) is 0. The largest absolute Gasteiger partial charge is 0.358 e. The van der Waals surface area contributed by atoms with Crippen LogP contribution in [-0.4, -0.2) is 18.9 Å². The number of carbonyl (C=O) groups excluding carboxylic acids is 1. The van der Waals surface area contributed by atoms with Crippen LogP contribution in [0.15, 0.2) is 18.2 Å². The molecule has 92 valence electrons. The first-order valence-electron chi connectivity index (χ1n) is 5.91. The van der Waals surface area contributed by atoms with E-state index in [4.69, 9.17) is 4.74 Å². The molecule has 1 aromatic carbocycles. The number of benzene rings is 1. The highest BCUT2D eigenvalue weighted by Gasteiger charge is 2.17. The number of amides is 2. The number of aryl methyl sites for hydroxylation is 2. The Hall–Kier alpha value is -1.55. The second kappa shape index (κ2) is 5.19. The van der Waals surface area contributed by atoms with Crippen LogP contribution in [0.25, 0.3) is 0 Å². The van der Waals surface area contributed by atoms with Crippen molar-refractivity contribution in [3.63, 3.8) is 0 Å². The summed E-state index contributed by atoms with van der Waals surface area (Å²) in [6.07, 6.45) is 1.76. The maximum absolute atomic E-state index is 11.7. The fraction of sp³-hybridized carbons (Fsp3) is 0.462. The Bertz CT molecular complexity index is 412. The van der Waals surface area contributed by atoms with Gasteiger partial charge in [0, 0.05) is 12.3 Å². The van der Waals surface area contributed by atoms with Gasteiger partial charge in [-0.05, 0) is 38.3 Å². The highest BCUT2D eigenvalue weighted by atomic mass is 16.5. The summed E-state index contributed by atoms with van der Waals surface area (Å²) in [6.45, 7) is 4.74. The molecule has 0 bridgehead atoms. The van der Waals surface area contributed by atoms with Gasteiger partial charge in [-0.2, -0.15) is 0 Å². The molecule has 17 heavy (non-hydrogen) atoms. The molecule has 0 saturated carbocycles. The lowest BCUT2D eigenvalue weighted by molar-refractivity contribution is 0.0928. The molecule has 0 radical (unpaired) electrons. The minimum atomic E-state index is -0.205. The van der Waals surface area contributed by atoms with Crippen molar-refractivity contribution in [1.82, 2.24) is 5.32 Å². The molecule has 1 aromatic rings. The maximum atomic E-state index is 11.7. The molecule has 4 heteroatoms. The Morgan fingerprint density at radius 2 is 2.24 bits per heavy atom. The fourth-order valence-corrected chi connectivity index (χ4v) is 1.95. The van der Waals surface area contributed by atoms with Crippen molar-refractivity contribution < 1.29 is 9.53 Å². The third-order valence-corrected chi connectivity index (χ3v) is 2.85. The fourth-order valence-electron chi connectivity index (χ4n) is 1.95. The molecule has 0 spiro atoms. The van der Waals surface area contributed by atoms with Crippen LogP contribution in [0.1, 0.15) is 24.0 Å². The van der Waals surface area contributed by atoms with Crippen LogP contribution >= 0.6 is 0 Å². The molecule has 1 fully saturated rings. The molecule has 1 heterocycles. The Morgan fingerprint density at radius 3 is 2.88 bits per heavy atom. The quantitative estimate of drug-likeness (QED) is 0.826. The third kappa shape index (κ3) is 3.20. The summed E-state index contributed by atoms with van der Waals surface area (Å²) < 4.78 is 5.34. The number of carbonyl (C=O) groups is 1. The van der Waals surface area contributed by atoms with Crippen LogP contribution in [-0.2, 0) is 4.74 Å². The van der Waals surface area contributed by atoms with Crippen molar-refractivity contribution in [1.29, 1.82) is 0 Å². The van der Waals surface area contributed by atoms with E-state index in [1.165, 1.54) is 5.56 Å². The summed E-state index contributed by atoms with van der Waals surface area (Å²) in [5.41, 5.74) is 3.09. The number of nitrogens with one attached hydrogen (secondary N) is 2. The summed E-state index contributed by atoms with van der Waals surface area (Å²) >= 11 is 0. The Morgan fingerprint density at radius 1 is 1.41 bits per heavy atom. The number of ether oxygens (including phenoxy) is 1. The topological polar surface area (TPSA) is 50.4 Å². The molecule has 0 aliphatic carbocycles. The molecular formula is C13H18N2O2. The van der Waals surface area contributed by atoms with Gasteiger partial charge in [-0.3, -0.25) is 0 Å². The molecule has 1 saturated heterocycles. The van der Waals surface area contributed by atoms with E-state index in [9.17, 15) is 4.79 Å². The minimum Gasteiger partial charge on any atom is -0.358 e. The molecule has 1 aliphatic rings. The molecule has 4 nitrogen and oxygen atoms in total. The second-order valence-electron chi connectivity index (χ2n) is 4.42. The zero-order valence-electron chi connectivity index (χ0n) is 10.2. The minimum absolute atomic E-state index is 0.138. The molecule has 2 N–H and O–H groups in total. The van der Waals surface area contributed by atoms with E-state index in [0.29, 0.717) is 0 Å². The molecule has 2 amide bonds. The number of rotatable bonds is 2. The van der Waals surface area contributed by atoms with E-state index in [1.807, 2.05) is 32.0 Å². The molecule has 1 aliphatic heterocycles. The first kappa shape index (κ1) is 11.9. The summed E-state index contributed by atoms with van der Waals surface area (Å²) in [5, 5.41) is 5.63. The number of anilines is 1. The summed E-state index contributed by atoms with van der Waals surface area (Å²) in [4.78, 5) is 11.7. The van der Waals surface area contributed by atoms with Gasteiger partial charge in [-0.15, -0.1) is 0 Å². The highest BCUT2D eigenvalue weighted by molar-refractivity contribution is 5.90. The third-order valence-electron chi connectivity index (χ3n) is 2.85. The van der Waals surface area contributed by atoms with E-state index < -0.39 is 0 Å². The molecule has 1 atom stereocenters. The van der Waals surface area contributed by atoms with Gasteiger partial charge in [0.25, 0.3) is 0 Å². The standard InChI is InChI=1S/C13H18N2O2/c1-9-5-6-11(10(2)8-9)14-13(16)15-12-4-3-7-17-12/h5-6,8,12H,3-4,7H2,1-2H3,(H2,14,15,16). The van der Waals surface area contributed by atoms with Crippen LogP contribution in [0.3, 0.4) is 0 Å². The SMILES string of the molecule is Cc1ccc(NC(=O)NC2CCCO2)c(C)c1. The monoisotopic (exact) mass is 234 g/mol. The highest BCUT2D eigenvalue weighted by Crippen LogP contribution is 2.16. The molecule has 1 unspecified atom stereocenters. The van der Waals surface area contributed by atoms with Crippen molar-refractivity contribution in [2.24, 2.45) is 0 Å². The zero-order chi connectivity index (χ0) is 12.3. The zero-order valence-corrected chi connectivity index (χ0v) is 10.2. The van der Waals surface area contributed by atoms with Crippen LogP contribution in [0.5, 0.6) is 0 Å². The Labute approximate surface area is 101 Å². The first-order valence-corrected chi connectivity index (χ1v) is 5.91. The van der Waals surface area contributed by atoms with Crippen LogP contribution in [0, 0.1) is 13.8 Å². The lowest BCUT2D eigenvalue weighted by Gasteiger charge is -2.14. The Kier molecular flexibility index (Phi) is 3.64. The first-order chi connectivity index (χ1) is 8.15. The molecule has 2 rings (SSSR count). The lowest BCUT2D eigenvalue weighted by Crippen LogP contribution is -2.37.